The van der Waals surface area contributed by atoms with E-state index >= 15 is 0 Å². The second kappa shape index (κ2) is 5.99. The van der Waals surface area contributed by atoms with Gasteiger partial charge in [-0.2, -0.15) is 0 Å². The number of amides is 1. The minimum atomic E-state index is -0.225. The number of halogens is 2. The fraction of sp³-hybridized carbons (Fsp3) is 0.231. The van der Waals surface area contributed by atoms with Gasteiger partial charge in [0.25, 0.3) is 5.91 Å². The Bertz CT molecular complexity index is 657. The molecule has 20 heavy (non-hydrogen) atoms. The average Bonchev–Trinajstić information content (AvgIpc) is 2.78. The first kappa shape index (κ1) is 15.1. The number of hydrogen-bond donors (Lipinski definition) is 1. The largest absolute Gasteiger partial charge is 0.399 e. The summed E-state index contributed by atoms with van der Waals surface area (Å²) in [7, 11) is 1.70. The van der Waals surface area contributed by atoms with Crippen LogP contribution in [0.25, 0.3) is 0 Å². The van der Waals surface area contributed by atoms with Gasteiger partial charge in [0.2, 0.25) is 0 Å². The van der Waals surface area contributed by atoms with Crippen LogP contribution in [-0.2, 0) is 6.54 Å². The molecule has 0 aliphatic rings. The van der Waals surface area contributed by atoms with Crippen molar-refractivity contribution in [3.8, 4) is 0 Å². The lowest BCUT2D eigenvalue weighted by Gasteiger charge is -2.18. The molecule has 1 amide bonds. The first-order valence-electron chi connectivity index (χ1n) is 5.79. The molecule has 0 saturated carbocycles. The summed E-state index contributed by atoms with van der Waals surface area (Å²) in [5, 5.41) is 0.496. The van der Waals surface area contributed by atoms with Crippen molar-refractivity contribution in [2.24, 2.45) is 0 Å². The number of hydrogen-bond acceptors (Lipinski definition) is 4. The van der Waals surface area contributed by atoms with Crippen LogP contribution < -0.4 is 5.73 Å². The van der Waals surface area contributed by atoms with Crippen LogP contribution in [-0.4, -0.2) is 22.8 Å². The second-order valence-electron chi connectivity index (χ2n) is 4.39. The number of thiazole rings is 1. The van der Waals surface area contributed by atoms with E-state index in [1.807, 2.05) is 6.92 Å². The van der Waals surface area contributed by atoms with Gasteiger partial charge in [-0.3, -0.25) is 4.79 Å². The van der Waals surface area contributed by atoms with E-state index in [9.17, 15) is 4.79 Å². The normalized spacial score (nSPS) is 10.6. The number of carbonyl (C=O) groups excluding carboxylic acids is 1. The Hall–Kier alpha value is -1.30. The second-order valence-corrected chi connectivity index (χ2v) is 6.11. The first-order valence-corrected chi connectivity index (χ1v) is 7.42. The number of nitrogen functional groups attached to an aromatic ring is 1. The Labute approximate surface area is 131 Å². The van der Waals surface area contributed by atoms with Crippen molar-refractivity contribution < 1.29 is 4.79 Å². The molecule has 0 spiro atoms. The molecule has 0 bridgehead atoms. The molecular formula is C13H13Cl2N3OS. The molecule has 0 saturated heterocycles. The molecule has 2 rings (SSSR count). The van der Waals surface area contributed by atoms with Crippen molar-refractivity contribution in [2.45, 2.75) is 13.5 Å². The Morgan fingerprint density at radius 1 is 1.45 bits per heavy atom. The standard InChI is InChI=1S/C13H13Cl2N3OS/c1-7-11(20-6-17-7)5-18(2)13(19)9-3-8(16)4-10(14)12(9)15/h3-4,6H,5,16H2,1-2H3. The zero-order chi connectivity index (χ0) is 14.9. The van der Waals surface area contributed by atoms with Gasteiger partial charge < -0.3 is 10.6 Å². The molecule has 1 aromatic carbocycles. The highest BCUT2D eigenvalue weighted by molar-refractivity contribution is 7.09. The van der Waals surface area contributed by atoms with E-state index in [4.69, 9.17) is 28.9 Å². The highest BCUT2D eigenvalue weighted by Crippen LogP contribution is 2.30. The predicted octanol–water partition coefficient (Wildman–Crippen LogP) is 3.61. The number of nitrogens with two attached hydrogens (primary N) is 1. The van der Waals surface area contributed by atoms with Crippen LogP contribution in [0, 0.1) is 6.92 Å². The molecule has 0 aliphatic heterocycles. The van der Waals surface area contributed by atoms with Gasteiger partial charge in [0.15, 0.2) is 0 Å². The maximum Gasteiger partial charge on any atom is 0.255 e. The third kappa shape index (κ3) is 3.06. The van der Waals surface area contributed by atoms with Crippen LogP contribution in [0.5, 0.6) is 0 Å². The van der Waals surface area contributed by atoms with Gasteiger partial charge in [0, 0.05) is 17.6 Å². The number of nitrogens with zero attached hydrogens (tertiary/aromatic N) is 2. The van der Waals surface area contributed by atoms with Gasteiger partial charge in [-0.25, -0.2) is 4.98 Å². The predicted molar refractivity (Wildman–Crippen MR) is 83.5 cm³/mol. The zero-order valence-corrected chi connectivity index (χ0v) is 13.3. The van der Waals surface area contributed by atoms with E-state index in [1.165, 1.54) is 23.5 Å². The topological polar surface area (TPSA) is 59.2 Å². The molecule has 2 N–H and O–H groups in total. The third-order valence-electron chi connectivity index (χ3n) is 2.85. The van der Waals surface area contributed by atoms with Crippen LogP contribution in [0.3, 0.4) is 0 Å². The van der Waals surface area contributed by atoms with Gasteiger partial charge in [-0.05, 0) is 19.1 Å². The molecule has 1 heterocycles. The summed E-state index contributed by atoms with van der Waals surface area (Å²) >= 11 is 13.5. The summed E-state index contributed by atoms with van der Waals surface area (Å²) in [4.78, 5) is 19.2. The molecule has 4 nitrogen and oxygen atoms in total. The van der Waals surface area contributed by atoms with Crippen LogP contribution in [0.4, 0.5) is 5.69 Å². The summed E-state index contributed by atoms with van der Waals surface area (Å²) in [6.07, 6.45) is 0. The van der Waals surface area contributed by atoms with Crippen LogP contribution in [0.15, 0.2) is 17.6 Å². The lowest BCUT2D eigenvalue weighted by atomic mass is 10.1. The van der Waals surface area contributed by atoms with Crippen molar-refractivity contribution in [3.05, 3.63) is 43.8 Å². The third-order valence-corrected chi connectivity index (χ3v) is 4.58. The van der Waals surface area contributed by atoms with E-state index < -0.39 is 0 Å². The van der Waals surface area contributed by atoms with Gasteiger partial charge in [0.1, 0.15) is 0 Å². The van der Waals surface area contributed by atoms with Gasteiger partial charge in [-0.1, -0.05) is 23.2 Å². The summed E-state index contributed by atoms with van der Waals surface area (Å²) in [6.45, 7) is 2.38. The van der Waals surface area contributed by atoms with Gasteiger partial charge >= 0.3 is 0 Å². The van der Waals surface area contributed by atoms with E-state index in [2.05, 4.69) is 4.98 Å². The van der Waals surface area contributed by atoms with Crippen LogP contribution in [0.1, 0.15) is 20.9 Å². The van der Waals surface area contributed by atoms with Gasteiger partial charge in [0.05, 0.1) is 33.4 Å². The quantitative estimate of drug-likeness (QED) is 0.875. The van der Waals surface area contributed by atoms with E-state index in [-0.39, 0.29) is 16.0 Å². The minimum Gasteiger partial charge on any atom is -0.399 e. The zero-order valence-electron chi connectivity index (χ0n) is 11.0. The monoisotopic (exact) mass is 329 g/mol. The van der Waals surface area contributed by atoms with E-state index in [1.54, 1.807) is 17.5 Å². The molecule has 2 aromatic rings. The number of aromatic nitrogens is 1. The van der Waals surface area contributed by atoms with Crippen LogP contribution >= 0.6 is 34.5 Å². The summed E-state index contributed by atoms with van der Waals surface area (Å²) in [5.41, 5.74) is 9.10. The van der Waals surface area contributed by atoms with Gasteiger partial charge in [-0.15, -0.1) is 11.3 Å². The summed E-state index contributed by atoms with van der Waals surface area (Å²) < 4.78 is 0. The van der Waals surface area contributed by atoms with Crippen LogP contribution in [0.2, 0.25) is 10.0 Å². The number of benzene rings is 1. The molecule has 0 aliphatic carbocycles. The molecule has 1 aromatic heterocycles. The van der Waals surface area contributed by atoms with Crippen molar-refractivity contribution in [1.82, 2.24) is 9.88 Å². The SMILES string of the molecule is Cc1ncsc1CN(C)C(=O)c1cc(N)cc(Cl)c1Cl. The van der Waals surface area contributed by atoms with E-state index in [0.717, 1.165) is 10.6 Å². The molecular weight excluding hydrogens is 317 g/mol. The smallest absolute Gasteiger partial charge is 0.255 e. The molecule has 0 fully saturated rings. The Morgan fingerprint density at radius 2 is 2.15 bits per heavy atom. The number of aryl methyl sites for hydroxylation is 1. The Kier molecular flexibility index (Phi) is 4.52. The Morgan fingerprint density at radius 3 is 2.75 bits per heavy atom. The highest BCUT2D eigenvalue weighted by atomic mass is 35.5. The maximum absolute atomic E-state index is 12.4. The molecule has 106 valence electrons. The fourth-order valence-corrected chi connectivity index (χ4v) is 2.98. The molecule has 0 atom stereocenters. The van der Waals surface area contributed by atoms with E-state index in [0.29, 0.717) is 17.8 Å². The average molecular weight is 330 g/mol. The molecule has 7 heteroatoms. The lowest BCUT2D eigenvalue weighted by Crippen LogP contribution is -2.26. The minimum absolute atomic E-state index is 0.221. The molecule has 0 radical (unpaired) electrons. The van der Waals surface area contributed by atoms with Crippen molar-refractivity contribution in [1.29, 1.82) is 0 Å². The van der Waals surface area contributed by atoms with Crippen molar-refractivity contribution in [3.63, 3.8) is 0 Å². The van der Waals surface area contributed by atoms with Crippen molar-refractivity contribution in [2.75, 3.05) is 12.8 Å². The Balaban J connectivity index is 2.25. The highest BCUT2D eigenvalue weighted by Gasteiger charge is 2.19. The summed E-state index contributed by atoms with van der Waals surface area (Å²) in [6, 6.07) is 3.06. The molecule has 0 unspecified atom stereocenters. The fourth-order valence-electron chi connectivity index (χ4n) is 1.74. The number of anilines is 1. The number of carbonyl (C=O) groups is 1. The maximum atomic E-state index is 12.4. The number of rotatable bonds is 3. The first-order chi connectivity index (χ1) is 9.40. The summed E-state index contributed by atoms with van der Waals surface area (Å²) in [5.74, 6) is -0.225. The lowest BCUT2D eigenvalue weighted by molar-refractivity contribution is 0.0786. The van der Waals surface area contributed by atoms with Crippen molar-refractivity contribution >= 4 is 46.1 Å².